The van der Waals surface area contributed by atoms with E-state index in [0.29, 0.717) is 0 Å². The van der Waals surface area contributed by atoms with Crippen LogP contribution in [-0.2, 0) is 6.42 Å². The van der Waals surface area contributed by atoms with E-state index in [9.17, 15) is 0 Å². The first-order chi connectivity index (χ1) is 6.92. The second-order valence-corrected chi connectivity index (χ2v) is 3.65. The van der Waals surface area contributed by atoms with E-state index in [0.717, 1.165) is 6.42 Å². The predicted octanol–water partition coefficient (Wildman–Crippen LogP) is 3.98. The average molecular weight is 183 g/mol. The van der Waals surface area contributed by atoms with Gasteiger partial charge >= 0.3 is 0 Å². The fraction of sp³-hybridized carbons (Fsp3) is 0.286. The minimum atomic E-state index is 1.15. The Kier molecular flexibility index (Phi) is 2.83. The molecule has 0 amide bonds. The standard InChI is InChI=1S/C14H15/c1-2-3-7-12-9-6-10-13-8-4-5-11-14(12)13/h4-6,8,10-11H,2-3,7H2,1H3. The van der Waals surface area contributed by atoms with Crippen molar-refractivity contribution in [1.82, 2.24) is 0 Å². The first-order valence-electron chi connectivity index (χ1n) is 5.30. The zero-order valence-corrected chi connectivity index (χ0v) is 8.59. The van der Waals surface area contributed by atoms with Crippen LogP contribution >= 0.6 is 0 Å². The number of rotatable bonds is 3. The monoisotopic (exact) mass is 183 g/mol. The number of hydrogen-bond acceptors (Lipinski definition) is 0. The number of aryl methyl sites for hydroxylation is 1. The van der Waals surface area contributed by atoms with Crippen molar-refractivity contribution < 1.29 is 0 Å². The van der Waals surface area contributed by atoms with Crippen molar-refractivity contribution in [3.8, 4) is 0 Å². The largest absolute Gasteiger partial charge is 0.0654 e. The van der Waals surface area contributed by atoms with Crippen LogP contribution in [0.4, 0.5) is 0 Å². The van der Waals surface area contributed by atoms with Crippen LogP contribution in [0.15, 0.2) is 36.4 Å². The molecule has 0 N–H and O–H groups in total. The van der Waals surface area contributed by atoms with Gasteiger partial charge in [0.2, 0.25) is 0 Å². The summed E-state index contributed by atoms with van der Waals surface area (Å²) in [7, 11) is 0. The van der Waals surface area contributed by atoms with Gasteiger partial charge in [0.15, 0.2) is 0 Å². The topological polar surface area (TPSA) is 0 Å². The lowest BCUT2D eigenvalue weighted by Gasteiger charge is -2.04. The third-order valence-corrected chi connectivity index (χ3v) is 2.59. The van der Waals surface area contributed by atoms with Crippen molar-refractivity contribution >= 4 is 10.8 Å². The highest BCUT2D eigenvalue weighted by atomic mass is 14.0. The summed E-state index contributed by atoms with van der Waals surface area (Å²) in [6.45, 7) is 2.23. The maximum atomic E-state index is 3.35. The van der Waals surface area contributed by atoms with Gasteiger partial charge in [-0.05, 0) is 35.2 Å². The fourth-order valence-corrected chi connectivity index (χ4v) is 1.79. The summed E-state index contributed by atoms with van der Waals surface area (Å²) in [5.41, 5.74) is 1.37. The molecule has 0 heterocycles. The number of benzene rings is 2. The molecule has 2 rings (SSSR count). The SMILES string of the molecule is CCCCc1[c]ccc2ccccc12. The van der Waals surface area contributed by atoms with Gasteiger partial charge in [0.05, 0.1) is 0 Å². The molecular weight excluding hydrogens is 168 g/mol. The molecule has 14 heavy (non-hydrogen) atoms. The molecule has 0 aliphatic heterocycles. The predicted molar refractivity (Wildman–Crippen MR) is 61.4 cm³/mol. The Morgan fingerprint density at radius 3 is 2.86 bits per heavy atom. The highest BCUT2D eigenvalue weighted by Gasteiger charge is 1.98. The molecular formula is C14H15. The van der Waals surface area contributed by atoms with E-state index in [1.807, 2.05) is 6.07 Å². The van der Waals surface area contributed by atoms with Crippen LogP contribution in [0.25, 0.3) is 10.8 Å². The lowest BCUT2D eigenvalue weighted by molar-refractivity contribution is 0.798. The van der Waals surface area contributed by atoms with Crippen molar-refractivity contribution in [3.63, 3.8) is 0 Å². The Balaban J connectivity index is 2.43. The van der Waals surface area contributed by atoms with Gasteiger partial charge in [0.1, 0.15) is 0 Å². The van der Waals surface area contributed by atoms with E-state index in [2.05, 4.69) is 43.3 Å². The smallest absolute Gasteiger partial charge is 0.0143 e. The van der Waals surface area contributed by atoms with Crippen molar-refractivity contribution in [2.45, 2.75) is 26.2 Å². The van der Waals surface area contributed by atoms with E-state index in [-0.39, 0.29) is 0 Å². The summed E-state index contributed by atoms with van der Waals surface area (Å²) in [6.07, 6.45) is 3.65. The minimum Gasteiger partial charge on any atom is -0.0654 e. The molecule has 0 spiro atoms. The van der Waals surface area contributed by atoms with Crippen LogP contribution in [0.1, 0.15) is 25.3 Å². The van der Waals surface area contributed by atoms with Gasteiger partial charge in [0, 0.05) is 0 Å². The molecule has 0 unspecified atom stereocenters. The van der Waals surface area contributed by atoms with Crippen molar-refractivity contribution in [2.24, 2.45) is 0 Å². The zero-order valence-electron chi connectivity index (χ0n) is 8.59. The molecule has 0 bridgehead atoms. The summed E-state index contributed by atoms with van der Waals surface area (Å²) in [4.78, 5) is 0. The minimum absolute atomic E-state index is 1.15. The molecule has 0 nitrogen and oxygen atoms in total. The first-order valence-corrected chi connectivity index (χ1v) is 5.30. The van der Waals surface area contributed by atoms with E-state index in [1.54, 1.807) is 0 Å². The summed E-state index contributed by atoms with van der Waals surface area (Å²) in [5.74, 6) is 0. The summed E-state index contributed by atoms with van der Waals surface area (Å²) in [6, 6.07) is 16.1. The van der Waals surface area contributed by atoms with Gasteiger partial charge in [-0.1, -0.05) is 49.7 Å². The number of hydrogen-bond donors (Lipinski definition) is 0. The zero-order chi connectivity index (χ0) is 9.80. The van der Waals surface area contributed by atoms with E-state index in [4.69, 9.17) is 0 Å². The maximum absolute atomic E-state index is 3.35. The van der Waals surface area contributed by atoms with E-state index in [1.165, 1.54) is 29.2 Å². The second kappa shape index (κ2) is 4.28. The molecule has 0 aliphatic carbocycles. The molecule has 2 aromatic rings. The van der Waals surface area contributed by atoms with Gasteiger partial charge in [0.25, 0.3) is 0 Å². The molecule has 0 saturated heterocycles. The summed E-state index contributed by atoms with van der Waals surface area (Å²) >= 11 is 0. The van der Waals surface area contributed by atoms with Crippen LogP contribution in [0, 0.1) is 6.07 Å². The third kappa shape index (κ3) is 1.79. The molecule has 0 atom stereocenters. The molecule has 0 fully saturated rings. The Hall–Kier alpha value is -1.30. The van der Waals surface area contributed by atoms with Crippen molar-refractivity contribution in [2.75, 3.05) is 0 Å². The quantitative estimate of drug-likeness (QED) is 0.675. The van der Waals surface area contributed by atoms with Gasteiger partial charge < -0.3 is 0 Å². The van der Waals surface area contributed by atoms with Gasteiger partial charge in [-0.15, -0.1) is 0 Å². The van der Waals surface area contributed by atoms with Crippen molar-refractivity contribution in [1.29, 1.82) is 0 Å². The lowest BCUT2D eigenvalue weighted by Crippen LogP contribution is -1.86. The average Bonchev–Trinajstić information content (AvgIpc) is 2.26. The highest BCUT2D eigenvalue weighted by molar-refractivity contribution is 5.85. The number of unbranched alkanes of at least 4 members (excludes halogenated alkanes) is 1. The normalized spacial score (nSPS) is 10.6. The fourth-order valence-electron chi connectivity index (χ4n) is 1.79. The number of fused-ring (bicyclic) bond motifs is 1. The molecule has 0 aromatic heterocycles. The van der Waals surface area contributed by atoms with Crippen LogP contribution in [0.3, 0.4) is 0 Å². The van der Waals surface area contributed by atoms with Gasteiger partial charge in [-0.25, -0.2) is 0 Å². The Labute approximate surface area is 85.6 Å². The molecule has 1 radical (unpaired) electrons. The maximum Gasteiger partial charge on any atom is -0.0143 e. The molecule has 0 heteroatoms. The van der Waals surface area contributed by atoms with E-state index < -0.39 is 0 Å². The van der Waals surface area contributed by atoms with Gasteiger partial charge in [-0.3, -0.25) is 0 Å². The Morgan fingerprint density at radius 2 is 2.00 bits per heavy atom. The molecule has 0 aliphatic rings. The Bertz CT molecular complexity index is 410. The molecule has 0 saturated carbocycles. The first kappa shape index (κ1) is 9.26. The van der Waals surface area contributed by atoms with Gasteiger partial charge in [-0.2, -0.15) is 0 Å². The van der Waals surface area contributed by atoms with Crippen LogP contribution < -0.4 is 0 Å². The Morgan fingerprint density at radius 1 is 1.14 bits per heavy atom. The molecule has 71 valence electrons. The van der Waals surface area contributed by atoms with Crippen LogP contribution in [0.2, 0.25) is 0 Å². The van der Waals surface area contributed by atoms with E-state index >= 15 is 0 Å². The molecule has 2 aromatic carbocycles. The second-order valence-electron chi connectivity index (χ2n) is 3.65. The third-order valence-electron chi connectivity index (χ3n) is 2.59. The van der Waals surface area contributed by atoms with Crippen LogP contribution in [-0.4, -0.2) is 0 Å². The summed E-state index contributed by atoms with van der Waals surface area (Å²) in [5, 5.41) is 2.70. The van der Waals surface area contributed by atoms with Crippen molar-refractivity contribution in [3.05, 3.63) is 48.0 Å². The lowest BCUT2D eigenvalue weighted by atomic mass is 10.0. The van der Waals surface area contributed by atoms with Crippen LogP contribution in [0.5, 0.6) is 0 Å². The summed E-state index contributed by atoms with van der Waals surface area (Å²) < 4.78 is 0. The highest BCUT2D eigenvalue weighted by Crippen LogP contribution is 2.19.